The fraction of sp³-hybridized carbons (Fsp3) is 0.467. The van der Waals surface area contributed by atoms with Gasteiger partial charge in [-0.25, -0.2) is 9.59 Å². The molecular formula is C15H21N3O4. The Kier molecular flexibility index (Phi) is 6.02. The molecule has 1 aromatic carbocycles. The Balaban J connectivity index is 1.67. The van der Waals surface area contributed by atoms with Crippen LogP contribution in [0.25, 0.3) is 0 Å². The lowest BCUT2D eigenvalue weighted by molar-refractivity contribution is 0.134. The number of amides is 2. The quantitative estimate of drug-likeness (QED) is 0.742. The van der Waals surface area contributed by atoms with E-state index in [-0.39, 0.29) is 19.3 Å². The number of alkyl carbamates (subject to hydrolysis) is 1. The molecule has 1 fully saturated rings. The number of hydrogen-bond acceptors (Lipinski definition) is 4. The Bertz CT molecular complexity index is 495. The van der Waals surface area contributed by atoms with Crippen molar-refractivity contribution in [3.05, 3.63) is 35.9 Å². The molecule has 1 atom stereocenters. The molecule has 1 saturated heterocycles. The van der Waals surface area contributed by atoms with Gasteiger partial charge in [0.05, 0.1) is 6.67 Å². The molecule has 0 aliphatic carbocycles. The van der Waals surface area contributed by atoms with Crippen LogP contribution >= 0.6 is 0 Å². The summed E-state index contributed by atoms with van der Waals surface area (Å²) < 4.78 is 5.14. The van der Waals surface area contributed by atoms with E-state index in [1.165, 1.54) is 0 Å². The first-order chi connectivity index (χ1) is 10.6. The van der Waals surface area contributed by atoms with Crippen molar-refractivity contribution in [1.29, 1.82) is 0 Å². The summed E-state index contributed by atoms with van der Waals surface area (Å²) in [5.41, 5.74) is 0.936. The predicted octanol–water partition coefficient (Wildman–Crippen LogP) is 1.60. The largest absolute Gasteiger partial charge is 0.465 e. The highest BCUT2D eigenvalue weighted by Gasteiger charge is 2.25. The molecule has 3 N–H and O–H groups in total. The molecule has 0 unspecified atom stereocenters. The van der Waals surface area contributed by atoms with Gasteiger partial charge in [-0.15, -0.1) is 0 Å². The number of carbonyl (C=O) groups is 2. The van der Waals surface area contributed by atoms with Crippen LogP contribution in [0.2, 0.25) is 0 Å². The molecule has 0 aromatic heterocycles. The smallest absolute Gasteiger partial charge is 0.407 e. The van der Waals surface area contributed by atoms with E-state index < -0.39 is 12.2 Å². The molecule has 2 amide bonds. The standard InChI is InChI=1S/C15H21N3O4/c19-14(20)17-11-18-8-4-7-13(18)9-16-15(21)22-10-12-5-2-1-3-6-12/h1-3,5-6,13,17H,4,7-11H2,(H,16,21)(H,19,20)/t13-/m1/s1. The van der Waals surface area contributed by atoms with Crippen LogP contribution in [0.15, 0.2) is 30.3 Å². The van der Waals surface area contributed by atoms with Gasteiger partial charge in [-0.2, -0.15) is 0 Å². The van der Waals surface area contributed by atoms with Crippen molar-refractivity contribution in [2.75, 3.05) is 19.8 Å². The molecule has 0 radical (unpaired) electrons. The van der Waals surface area contributed by atoms with Crippen molar-refractivity contribution in [2.45, 2.75) is 25.5 Å². The number of likely N-dealkylation sites (tertiary alicyclic amines) is 1. The van der Waals surface area contributed by atoms with E-state index in [0.717, 1.165) is 24.9 Å². The van der Waals surface area contributed by atoms with Crippen LogP contribution in [0.3, 0.4) is 0 Å². The Morgan fingerprint density at radius 3 is 2.77 bits per heavy atom. The fourth-order valence-corrected chi connectivity index (χ4v) is 2.48. The number of nitrogens with one attached hydrogen (secondary N) is 2. The number of nitrogens with zero attached hydrogens (tertiary/aromatic N) is 1. The summed E-state index contributed by atoms with van der Waals surface area (Å²) >= 11 is 0. The first-order valence-electron chi connectivity index (χ1n) is 7.30. The van der Waals surface area contributed by atoms with Crippen LogP contribution in [-0.2, 0) is 11.3 Å². The Morgan fingerprint density at radius 1 is 1.27 bits per heavy atom. The molecule has 7 nitrogen and oxygen atoms in total. The third kappa shape index (κ3) is 5.25. The number of hydrogen-bond donors (Lipinski definition) is 3. The monoisotopic (exact) mass is 307 g/mol. The third-order valence-electron chi connectivity index (χ3n) is 3.63. The van der Waals surface area contributed by atoms with Gasteiger partial charge >= 0.3 is 12.2 Å². The molecule has 120 valence electrons. The summed E-state index contributed by atoms with van der Waals surface area (Å²) in [6, 6.07) is 9.61. The minimum Gasteiger partial charge on any atom is -0.465 e. The van der Waals surface area contributed by atoms with Gasteiger partial charge < -0.3 is 20.5 Å². The highest BCUT2D eigenvalue weighted by molar-refractivity contribution is 5.67. The molecule has 0 spiro atoms. The van der Waals surface area contributed by atoms with Crippen molar-refractivity contribution >= 4 is 12.2 Å². The number of carbonyl (C=O) groups excluding carboxylic acids is 1. The van der Waals surface area contributed by atoms with Gasteiger partial charge in [-0.1, -0.05) is 30.3 Å². The van der Waals surface area contributed by atoms with E-state index in [1.807, 2.05) is 35.2 Å². The SMILES string of the molecule is O=C(O)NCN1CCC[C@@H]1CNC(=O)OCc1ccccc1. The summed E-state index contributed by atoms with van der Waals surface area (Å²) in [4.78, 5) is 24.2. The predicted molar refractivity (Wildman–Crippen MR) is 80.4 cm³/mol. The van der Waals surface area contributed by atoms with Crippen LogP contribution < -0.4 is 10.6 Å². The topological polar surface area (TPSA) is 90.9 Å². The lowest BCUT2D eigenvalue weighted by Crippen LogP contribution is -2.45. The van der Waals surface area contributed by atoms with Gasteiger partial charge in [0.1, 0.15) is 6.61 Å². The van der Waals surface area contributed by atoms with E-state index in [2.05, 4.69) is 10.6 Å². The number of carboxylic acid groups (broad SMARTS) is 1. The molecule has 1 aromatic rings. The molecule has 1 aliphatic rings. The third-order valence-corrected chi connectivity index (χ3v) is 3.63. The van der Waals surface area contributed by atoms with Crippen molar-refractivity contribution in [3.63, 3.8) is 0 Å². The highest BCUT2D eigenvalue weighted by atomic mass is 16.5. The average Bonchev–Trinajstić information content (AvgIpc) is 2.97. The summed E-state index contributed by atoms with van der Waals surface area (Å²) in [6.45, 7) is 1.79. The molecule has 7 heteroatoms. The van der Waals surface area contributed by atoms with Crippen molar-refractivity contribution in [1.82, 2.24) is 15.5 Å². The second kappa shape index (κ2) is 8.23. The molecule has 0 bridgehead atoms. The van der Waals surface area contributed by atoms with E-state index in [1.54, 1.807) is 0 Å². The van der Waals surface area contributed by atoms with Gasteiger partial charge in [0, 0.05) is 19.1 Å². The van der Waals surface area contributed by atoms with Gasteiger partial charge in [0.15, 0.2) is 0 Å². The summed E-state index contributed by atoms with van der Waals surface area (Å²) in [7, 11) is 0. The van der Waals surface area contributed by atoms with E-state index >= 15 is 0 Å². The van der Waals surface area contributed by atoms with Crippen LogP contribution in [0.1, 0.15) is 18.4 Å². The Morgan fingerprint density at radius 2 is 2.05 bits per heavy atom. The number of ether oxygens (including phenoxy) is 1. The van der Waals surface area contributed by atoms with Crippen molar-refractivity contribution in [3.8, 4) is 0 Å². The van der Waals surface area contributed by atoms with Crippen molar-refractivity contribution in [2.24, 2.45) is 0 Å². The lowest BCUT2D eigenvalue weighted by atomic mass is 10.2. The first-order valence-corrected chi connectivity index (χ1v) is 7.30. The minimum atomic E-state index is -1.04. The molecule has 22 heavy (non-hydrogen) atoms. The fourth-order valence-electron chi connectivity index (χ4n) is 2.48. The zero-order chi connectivity index (χ0) is 15.8. The van der Waals surface area contributed by atoms with Crippen LogP contribution in [0, 0.1) is 0 Å². The maximum atomic E-state index is 11.7. The van der Waals surface area contributed by atoms with Gasteiger partial charge in [-0.05, 0) is 18.4 Å². The summed E-state index contributed by atoms with van der Waals surface area (Å²) in [5.74, 6) is 0. The first kappa shape index (κ1) is 16.1. The van der Waals surface area contributed by atoms with Gasteiger partial charge in [0.2, 0.25) is 0 Å². The minimum absolute atomic E-state index is 0.135. The zero-order valence-corrected chi connectivity index (χ0v) is 12.3. The maximum absolute atomic E-state index is 11.7. The molecule has 0 saturated carbocycles. The molecular weight excluding hydrogens is 286 g/mol. The second-order valence-corrected chi connectivity index (χ2v) is 5.19. The maximum Gasteiger partial charge on any atom is 0.407 e. The second-order valence-electron chi connectivity index (χ2n) is 5.19. The molecule has 1 aliphatic heterocycles. The van der Waals surface area contributed by atoms with Crippen molar-refractivity contribution < 1.29 is 19.4 Å². The van der Waals surface area contributed by atoms with Gasteiger partial charge in [-0.3, -0.25) is 4.90 Å². The highest BCUT2D eigenvalue weighted by Crippen LogP contribution is 2.15. The van der Waals surface area contributed by atoms with Crippen LogP contribution in [0.4, 0.5) is 9.59 Å². The zero-order valence-electron chi connectivity index (χ0n) is 12.3. The van der Waals surface area contributed by atoms with Crippen LogP contribution in [0.5, 0.6) is 0 Å². The molecule has 1 heterocycles. The van der Waals surface area contributed by atoms with E-state index in [0.29, 0.717) is 6.54 Å². The lowest BCUT2D eigenvalue weighted by Gasteiger charge is -2.24. The normalized spacial score (nSPS) is 17.9. The Labute approximate surface area is 129 Å². The Hall–Kier alpha value is -2.28. The summed E-state index contributed by atoms with van der Waals surface area (Å²) in [5, 5.41) is 13.7. The summed E-state index contributed by atoms with van der Waals surface area (Å²) in [6.07, 6.45) is 0.426. The number of benzene rings is 1. The van der Waals surface area contributed by atoms with E-state index in [9.17, 15) is 9.59 Å². The number of rotatable bonds is 6. The molecule has 2 rings (SSSR count). The van der Waals surface area contributed by atoms with E-state index in [4.69, 9.17) is 9.84 Å². The average molecular weight is 307 g/mol. The van der Waals surface area contributed by atoms with Gasteiger partial charge in [0.25, 0.3) is 0 Å². The van der Waals surface area contributed by atoms with Crippen LogP contribution in [-0.4, -0.2) is 48.0 Å².